The van der Waals surface area contributed by atoms with Gasteiger partial charge in [0.1, 0.15) is 5.75 Å². The molecule has 0 atom stereocenters. The quantitative estimate of drug-likeness (QED) is 0.582. The lowest BCUT2D eigenvalue weighted by Gasteiger charge is -2.24. The summed E-state index contributed by atoms with van der Waals surface area (Å²) in [5.41, 5.74) is 3.50. The molecular weight excluding hydrogens is 348 g/mol. The molecule has 0 saturated heterocycles. The number of aromatic nitrogens is 1. The summed E-state index contributed by atoms with van der Waals surface area (Å²) in [6.45, 7) is 2.04. The lowest BCUT2D eigenvalue weighted by atomic mass is 10.2. The molecule has 1 aromatic heterocycles. The van der Waals surface area contributed by atoms with E-state index in [4.69, 9.17) is 4.74 Å². The highest BCUT2D eigenvalue weighted by Crippen LogP contribution is 2.32. The standard InChI is InChI=1S/C24H26N2O2/c1-28-23-11-5-9-20(15-23)17-25-14-6-10-22(25)18-26(24(27)21-12-13-21)16-19-7-3-2-4-8-19/h2-11,14-15,21H,12-13,16-18H2,1H3. The zero-order valence-electron chi connectivity index (χ0n) is 16.3. The molecular formula is C24H26N2O2. The van der Waals surface area contributed by atoms with E-state index in [0.29, 0.717) is 13.1 Å². The molecule has 0 unspecified atom stereocenters. The fourth-order valence-corrected chi connectivity index (χ4v) is 3.51. The van der Waals surface area contributed by atoms with E-state index >= 15 is 0 Å². The van der Waals surface area contributed by atoms with Crippen LogP contribution in [0, 0.1) is 5.92 Å². The first kappa shape index (κ1) is 18.4. The van der Waals surface area contributed by atoms with Gasteiger partial charge in [0.05, 0.1) is 13.7 Å². The van der Waals surface area contributed by atoms with E-state index in [1.165, 1.54) is 11.1 Å². The maximum atomic E-state index is 12.9. The van der Waals surface area contributed by atoms with Gasteiger partial charge in [-0.2, -0.15) is 0 Å². The summed E-state index contributed by atoms with van der Waals surface area (Å²) in [5.74, 6) is 1.35. The summed E-state index contributed by atoms with van der Waals surface area (Å²) in [6.07, 6.45) is 4.13. The van der Waals surface area contributed by atoms with Crippen molar-refractivity contribution in [1.82, 2.24) is 9.47 Å². The molecule has 1 fully saturated rings. The third-order valence-corrected chi connectivity index (χ3v) is 5.22. The Morgan fingerprint density at radius 2 is 1.79 bits per heavy atom. The molecule has 144 valence electrons. The van der Waals surface area contributed by atoms with E-state index in [9.17, 15) is 4.79 Å². The average molecular weight is 374 g/mol. The first-order chi connectivity index (χ1) is 13.7. The zero-order chi connectivity index (χ0) is 19.3. The van der Waals surface area contributed by atoms with Crippen LogP contribution in [0.15, 0.2) is 72.9 Å². The van der Waals surface area contributed by atoms with Crippen molar-refractivity contribution >= 4 is 5.91 Å². The van der Waals surface area contributed by atoms with Crippen LogP contribution in [0.4, 0.5) is 0 Å². The van der Waals surface area contributed by atoms with Crippen molar-refractivity contribution in [2.24, 2.45) is 5.92 Å². The fraction of sp³-hybridized carbons (Fsp3) is 0.292. The van der Waals surface area contributed by atoms with E-state index in [2.05, 4.69) is 47.2 Å². The molecule has 0 aliphatic heterocycles. The Hall–Kier alpha value is -3.01. The van der Waals surface area contributed by atoms with Crippen molar-refractivity contribution in [2.45, 2.75) is 32.5 Å². The largest absolute Gasteiger partial charge is 0.497 e. The second-order valence-electron chi connectivity index (χ2n) is 7.43. The van der Waals surface area contributed by atoms with Crippen LogP contribution in [-0.2, 0) is 24.4 Å². The van der Waals surface area contributed by atoms with Crippen LogP contribution in [0.25, 0.3) is 0 Å². The average Bonchev–Trinajstić information content (AvgIpc) is 3.49. The molecule has 1 aliphatic carbocycles. The van der Waals surface area contributed by atoms with Gasteiger partial charge in [-0.25, -0.2) is 0 Å². The molecule has 0 radical (unpaired) electrons. The summed E-state index contributed by atoms with van der Waals surface area (Å²) in [5, 5.41) is 0. The number of rotatable bonds is 8. The predicted octanol–water partition coefficient (Wildman–Crippen LogP) is 4.48. The van der Waals surface area contributed by atoms with Gasteiger partial charge in [0.15, 0.2) is 0 Å². The third kappa shape index (κ3) is 4.45. The Morgan fingerprint density at radius 1 is 1.00 bits per heavy atom. The van der Waals surface area contributed by atoms with Gasteiger partial charge in [0.2, 0.25) is 5.91 Å². The first-order valence-electron chi connectivity index (χ1n) is 9.82. The number of carbonyl (C=O) groups excluding carboxylic acids is 1. The lowest BCUT2D eigenvalue weighted by Crippen LogP contribution is -2.32. The van der Waals surface area contributed by atoms with Gasteiger partial charge in [-0.15, -0.1) is 0 Å². The van der Waals surface area contributed by atoms with Crippen molar-refractivity contribution in [1.29, 1.82) is 0 Å². The molecule has 0 N–H and O–H groups in total. The van der Waals surface area contributed by atoms with Gasteiger partial charge in [-0.05, 0) is 48.2 Å². The number of ether oxygens (including phenoxy) is 1. The Labute approximate surface area is 166 Å². The Bertz CT molecular complexity index is 929. The van der Waals surface area contributed by atoms with Crippen molar-refractivity contribution < 1.29 is 9.53 Å². The number of methoxy groups -OCH3 is 1. The van der Waals surface area contributed by atoms with E-state index in [-0.39, 0.29) is 11.8 Å². The molecule has 0 spiro atoms. The third-order valence-electron chi connectivity index (χ3n) is 5.22. The second kappa shape index (κ2) is 8.34. The molecule has 4 nitrogen and oxygen atoms in total. The van der Waals surface area contributed by atoms with Crippen LogP contribution in [0.5, 0.6) is 5.75 Å². The number of carbonyl (C=O) groups is 1. The summed E-state index contributed by atoms with van der Waals surface area (Å²) >= 11 is 0. The molecule has 4 rings (SSSR count). The van der Waals surface area contributed by atoms with Crippen LogP contribution < -0.4 is 4.74 Å². The molecule has 2 aromatic carbocycles. The van der Waals surface area contributed by atoms with Gasteiger partial charge in [-0.3, -0.25) is 4.79 Å². The minimum absolute atomic E-state index is 0.213. The number of hydrogen-bond acceptors (Lipinski definition) is 2. The van der Waals surface area contributed by atoms with Crippen LogP contribution in [0.3, 0.4) is 0 Å². The SMILES string of the molecule is COc1cccc(Cn2cccc2CN(Cc2ccccc2)C(=O)C2CC2)c1. The lowest BCUT2D eigenvalue weighted by molar-refractivity contribution is -0.133. The molecule has 1 aliphatic rings. The molecule has 4 heteroatoms. The van der Waals surface area contributed by atoms with Crippen molar-refractivity contribution in [3.05, 3.63) is 89.7 Å². The van der Waals surface area contributed by atoms with Crippen LogP contribution in [0.1, 0.15) is 29.7 Å². The van der Waals surface area contributed by atoms with Gasteiger partial charge >= 0.3 is 0 Å². The smallest absolute Gasteiger partial charge is 0.226 e. The van der Waals surface area contributed by atoms with Gasteiger partial charge < -0.3 is 14.2 Å². The maximum absolute atomic E-state index is 12.9. The summed E-state index contributed by atoms with van der Waals surface area (Å²) in [4.78, 5) is 14.9. The van der Waals surface area contributed by atoms with Crippen molar-refractivity contribution in [3.8, 4) is 5.75 Å². The number of amides is 1. The number of nitrogens with zero attached hydrogens (tertiary/aromatic N) is 2. The Balaban J connectivity index is 1.52. The molecule has 1 saturated carbocycles. The zero-order valence-corrected chi connectivity index (χ0v) is 16.3. The van der Waals surface area contributed by atoms with Gasteiger partial charge in [0, 0.05) is 30.9 Å². The highest BCUT2D eigenvalue weighted by atomic mass is 16.5. The van der Waals surface area contributed by atoms with Crippen molar-refractivity contribution in [3.63, 3.8) is 0 Å². The topological polar surface area (TPSA) is 34.5 Å². The van der Waals surface area contributed by atoms with Gasteiger partial charge in [-0.1, -0.05) is 42.5 Å². The van der Waals surface area contributed by atoms with E-state index in [0.717, 1.165) is 30.8 Å². The first-order valence-corrected chi connectivity index (χ1v) is 9.82. The number of hydrogen-bond donors (Lipinski definition) is 0. The summed E-state index contributed by atoms with van der Waals surface area (Å²) in [7, 11) is 1.69. The summed E-state index contributed by atoms with van der Waals surface area (Å²) < 4.78 is 7.55. The van der Waals surface area contributed by atoms with E-state index in [1.54, 1.807) is 7.11 Å². The van der Waals surface area contributed by atoms with Crippen molar-refractivity contribution in [2.75, 3.05) is 7.11 Å². The van der Waals surface area contributed by atoms with Gasteiger partial charge in [0.25, 0.3) is 0 Å². The second-order valence-corrected chi connectivity index (χ2v) is 7.43. The molecule has 0 bridgehead atoms. The normalized spacial score (nSPS) is 13.3. The molecule has 1 heterocycles. The monoisotopic (exact) mass is 374 g/mol. The predicted molar refractivity (Wildman–Crippen MR) is 110 cm³/mol. The van der Waals surface area contributed by atoms with E-state index < -0.39 is 0 Å². The fourth-order valence-electron chi connectivity index (χ4n) is 3.51. The Kier molecular flexibility index (Phi) is 5.47. The molecule has 3 aromatic rings. The number of benzene rings is 2. The highest BCUT2D eigenvalue weighted by molar-refractivity contribution is 5.81. The van der Waals surface area contributed by atoms with Crippen LogP contribution in [0.2, 0.25) is 0 Å². The van der Waals surface area contributed by atoms with E-state index in [1.807, 2.05) is 35.2 Å². The minimum Gasteiger partial charge on any atom is -0.497 e. The Morgan fingerprint density at radius 3 is 2.54 bits per heavy atom. The molecule has 28 heavy (non-hydrogen) atoms. The maximum Gasteiger partial charge on any atom is 0.226 e. The minimum atomic E-state index is 0.213. The van der Waals surface area contributed by atoms with Crippen LogP contribution in [-0.4, -0.2) is 22.5 Å². The summed E-state index contributed by atoms with van der Waals surface area (Å²) in [6, 6.07) is 22.5. The highest BCUT2D eigenvalue weighted by Gasteiger charge is 2.33. The molecule has 1 amide bonds. The van der Waals surface area contributed by atoms with Crippen LogP contribution >= 0.6 is 0 Å².